The topological polar surface area (TPSA) is 37.3 Å². The summed E-state index contributed by atoms with van der Waals surface area (Å²) >= 11 is 0. The van der Waals surface area contributed by atoms with Crippen LogP contribution in [0.5, 0.6) is 0 Å². The molecule has 2 nitrogen and oxygen atoms in total. The fourth-order valence-corrected chi connectivity index (χ4v) is 1.48. The van der Waals surface area contributed by atoms with Crippen LogP contribution in [-0.2, 0) is 11.2 Å². The quantitative estimate of drug-likeness (QED) is 0.790. The Morgan fingerprint density at radius 2 is 1.86 bits per heavy atom. The van der Waals surface area contributed by atoms with Crippen LogP contribution in [0.1, 0.15) is 19.4 Å². The molecular formula is C12H16O2. The standard InChI is InChI=1S/C12H16O2/c1-9(12(14)10(2)13)8-11-6-4-3-5-7-11/h3-7,9-10,13H,8H2,1-2H3. The van der Waals surface area contributed by atoms with E-state index in [4.69, 9.17) is 5.11 Å². The summed E-state index contributed by atoms with van der Waals surface area (Å²) in [6.07, 6.45) is -0.154. The predicted molar refractivity (Wildman–Crippen MR) is 56.0 cm³/mol. The lowest BCUT2D eigenvalue weighted by Gasteiger charge is -2.11. The number of carbonyl (C=O) groups is 1. The van der Waals surface area contributed by atoms with Gasteiger partial charge < -0.3 is 5.11 Å². The van der Waals surface area contributed by atoms with E-state index in [1.54, 1.807) is 0 Å². The van der Waals surface area contributed by atoms with Crippen LogP contribution in [-0.4, -0.2) is 17.0 Å². The highest BCUT2D eigenvalue weighted by Gasteiger charge is 2.17. The van der Waals surface area contributed by atoms with Gasteiger partial charge in [-0.3, -0.25) is 4.79 Å². The Hall–Kier alpha value is -1.15. The number of hydrogen-bond donors (Lipinski definition) is 1. The van der Waals surface area contributed by atoms with Crippen molar-refractivity contribution >= 4 is 5.78 Å². The first-order valence-electron chi connectivity index (χ1n) is 4.87. The minimum absolute atomic E-state index is 0.0890. The summed E-state index contributed by atoms with van der Waals surface area (Å²) < 4.78 is 0. The first-order valence-corrected chi connectivity index (χ1v) is 4.87. The minimum atomic E-state index is -0.853. The Morgan fingerprint density at radius 1 is 1.29 bits per heavy atom. The van der Waals surface area contributed by atoms with Crippen molar-refractivity contribution in [3.63, 3.8) is 0 Å². The molecule has 1 N–H and O–H groups in total. The highest BCUT2D eigenvalue weighted by atomic mass is 16.3. The van der Waals surface area contributed by atoms with Gasteiger partial charge in [0.05, 0.1) is 0 Å². The Balaban J connectivity index is 2.57. The average molecular weight is 192 g/mol. The molecule has 0 bridgehead atoms. The molecule has 0 aliphatic heterocycles. The maximum Gasteiger partial charge on any atom is 0.164 e. The molecule has 1 aromatic carbocycles. The van der Waals surface area contributed by atoms with E-state index >= 15 is 0 Å². The van der Waals surface area contributed by atoms with Crippen LogP contribution >= 0.6 is 0 Å². The molecule has 0 aliphatic carbocycles. The number of benzene rings is 1. The lowest BCUT2D eigenvalue weighted by atomic mass is 9.95. The van der Waals surface area contributed by atoms with Crippen LogP contribution in [0.3, 0.4) is 0 Å². The molecule has 0 saturated heterocycles. The lowest BCUT2D eigenvalue weighted by Crippen LogP contribution is -2.24. The predicted octanol–water partition coefficient (Wildman–Crippen LogP) is 1.82. The zero-order chi connectivity index (χ0) is 10.6. The second-order valence-corrected chi connectivity index (χ2v) is 3.67. The summed E-state index contributed by atoms with van der Waals surface area (Å²) in [5, 5.41) is 9.12. The summed E-state index contributed by atoms with van der Waals surface area (Å²) in [6.45, 7) is 3.37. The lowest BCUT2D eigenvalue weighted by molar-refractivity contribution is -0.129. The first-order chi connectivity index (χ1) is 6.61. The summed E-state index contributed by atoms with van der Waals surface area (Å²) in [5.74, 6) is -0.203. The fourth-order valence-electron chi connectivity index (χ4n) is 1.48. The Labute approximate surface area is 84.6 Å². The summed E-state index contributed by atoms with van der Waals surface area (Å²) in [6, 6.07) is 9.84. The third-order valence-electron chi connectivity index (χ3n) is 2.28. The minimum Gasteiger partial charge on any atom is -0.386 e. The van der Waals surface area contributed by atoms with Gasteiger partial charge in [0.15, 0.2) is 5.78 Å². The van der Waals surface area contributed by atoms with E-state index in [2.05, 4.69) is 0 Å². The van der Waals surface area contributed by atoms with Crippen molar-refractivity contribution in [1.82, 2.24) is 0 Å². The molecule has 0 aliphatic rings. The Bertz CT molecular complexity index is 290. The Kier molecular flexibility index (Phi) is 3.84. The van der Waals surface area contributed by atoms with E-state index in [1.165, 1.54) is 6.92 Å². The van der Waals surface area contributed by atoms with Crippen molar-refractivity contribution in [2.45, 2.75) is 26.4 Å². The maximum absolute atomic E-state index is 11.4. The van der Waals surface area contributed by atoms with Gasteiger partial charge in [-0.05, 0) is 18.9 Å². The molecule has 0 aromatic heterocycles. The van der Waals surface area contributed by atoms with Gasteiger partial charge in [-0.25, -0.2) is 0 Å². The van der Waals surface area contributed by atoms with Crippen LogP contribution in [0.15, 0.2) is 30.3 Å². The smallest absolute Gasteiger partial charge is 0.164 e. The molecule has 0 heterocycles. The van der Waals surface area contributed by atoms with Gasteiger partial charge in [0.25, 0.3) is 0 Å². The van der Waals surface area contributed by atoms with E-state index in [-0.39, 0.29) is 11.7 Å². The molecular weight excluding hydrogens is 176 g/mol. The van der Waals surface area contributed by atoms with Crippen molar-refractivity contribution in [1.29, 1.82) is 0 Å². The number of Topliss-reactive ketones (excluding diaryl/α,β-unsaturated/α-hetero) is 1. The van der Waals surface area contributed by atoms with E-state index < -0.39 is 6.10 Å². The summed E-state index contributed by atoms with van der Waals surface area (Å²) in [5.41, 5.74) is 1.13. The van der Waals surface area contributed by atoms with Crippen molar-refractivity contribution in [3.8, 4) is 0 Å². The molecule has 2 atom stereocenters. The van der Waals surface area contributed by atoms with Gasteiger partial charge >= 0.3 is 0 Å². The second-order valence-electron chi connectivity index (χ2n) is 3.67. The molecule has 0 fully saturated rings. The highest BCUT2D eigenvalue weighted by molar-refractivity contribution is 5.84. The van der Waals surface area contributed by atoms with Crippen LogP contribution in [0.25, 0.3) is 0 Å². The van der Waals surface area contributed by atoms with Crippen molar-refractivity contribution in [3.05, 3.63) is 35.9 Å². The van der Waals surface area contributed by atoms with Gasteiger partial charge in [-0.2, -0.15) is 0 Å². The monoisotopic (exact) mass is 192 g/mol. The number of aliphatic hydroxyl groups is 1. The molecule has 0 radical (unpaired) electrons. The van der Waals surface area contributed by atoms with E-state index in [9.17, 15) is 4.79 Å². The van der Waals surface area contributed by atoms with E-state index in [0.717, 1.165) is 5.56 Å². The van der Waals surface area contributed by atoms with Crippen LogP contribution in [0.4, 0.5) is 0 Å². The number of ketones is 1. The zero-order valence-corrected chi connectivity index (χ0v) is 8.60. The zero-order valence-electron chi connectivity index (χ0n) is 8.60. The molecule has 0 amide bonds. The molecule has 14 heavy (non-hydrogen) atoms. The van der Waals surface area contributed by atoms with Gasteiger partial charge in [-0.15, -0.1) is 0 Å². The first kappa shape index (κ1) is 10.9. The van der Waals surface area contributed by atoms with Crippen LogP contribution in [0, 0.1) is 5.92 Å². The van der Waals surface area contributed by atoms with Crippen molar-refractivity contribution in [2.24, 2.45) is 5.92 Å². The average Bonchev–Trinajstić information content (AvgIpc) is 2.18. The molecule has 2 heteroatoms. The summed E-state index contributed by atoms with van der Waals surface area (Å²) in [7, 11) is 0. The van der Waals surface area contributed by atoms with Crippen molar-refractivity contribution in [2.75, 3.05) is 0 Å². The third-order valence-corrected chi connectivity index (χ3v) is 2.28. The number of aliphatic hydroxyl groups excluding tert-OH is 1. The van der Waals surface area contributed by atoms with Crippen molar-refractivity contribution < 1.29 is 9.90 Å². The van der Waals surface area contributed by atoms with Gasteiger partial charge in [0, 0.05) is 5.92 Å². The normalized spacial score (nSPS) is 14.8. The molecule has 0 saturated carbocycles. The van der Waals surface area contributed by atoms with Crippen LogP contribution in [0.2, 0.25) is 0 Å². The molecule has 1 aromatic rings. The molecule has 2 unspecified atom stereocenters. The van der Waals surface area contributed by atoms with E-state index in [1.807, 2.05) is 37.3 Å². The highest BCUT2D eigenvalue weighted by Crippen LogP contribution is 2.10. The molecule has 1 rings (SSSR count). The largest absolute Gasteiger partial charge is 0.386 e. The second kappa shape index (κ2) is 4.91. The van der Waals surface area contributed by atoms with Gasteiger partial charge in [0.1, 0.15) is 6.10 Å². The Morgan fingerprint density at radius 3 is 2.36 bits per heavy atom. The third kappa shape index (κ3) is 2.96. The summed E-state index contributed by atoms with van der Waals surface area (Å²) in [4.78, 5) is 11.4. The van der Waals surface area contributed by atoms with Crippen LogP contribution < -0.4 is 0 Å². The van der Waals surface area contributed by atoms with Gasteiger partial charge in [0.2, 0.25) is 0 Å². The number of hydrogen-bond acceptors (Lipinski definition) is 2. The fraction of sp³-hybridized carbons (Fsp3) is 0.417. The molecule has 0 spiro atoms. The maximum atomic E-state index is 11.4. The number of rotatable bonds is 4. The number of carbonyl (C=O) groups excluding carboxylic acids is 1. The van der Waals surface area contributed by atoms with Gasteiger partial charge in [-0.1, -0.05) is 37.3 Å². The SMILES string of the molecule is CC(O)C(=O)C(C)Cc1ccccc1. The van der Waals surface area contributed by atoms with E-state index in [0.29, 0.717) is 6.42 Å². The molecule has 76 valence electrons.